The molecule has 0 saturated carbocycles. The van der Waals surface area contributed by atoms with E-state index in [9.17, 15) is 9.59 Å². The molecular weight excluding hydrogens is 276 g/mol. The van der Waals surface area contributed by atoms with Crippen molar-refractivity contribution >= 4 is 33.1 Å². The summed E-state index contributed by atoms with van der Waals surface area (Å²) in [5.41, 5.74) is 1.39. The average molecular weight is 286 g/mol. The Kier molecular flexibility index (Phi) is 3.03. The van der Waals surface area contributed by atoms with Gasteiger partial charge in [-0.25, -0.2) is 10.1 Å². The first-order valence-corrected chi connectivity index (χ1v) is 6.68. The quantitative estimate of drug-likeness (QED) is 0.753. The molecule has 100 valence electrons. The third-order valence-electron chi connectivity index (χ3n) is 2.67. The van der Waals surface area contributed by atoms with Crippen molar-refractivity contribution in [3.8, 4) is 0 Å². The monoisotopic (exact) mass is 286 g/mol. The van der Waals surface area contributed by atoms with E-state index < -0.39 is 0 Å². The van der Waals surface area contributed by atoms with Crippen LogP contribution in [0.5, 0.6) is 0 Å². The number of fused-ring (bicyclic) bond motifs is 1. The summed E-state index contributed by atoms with van der Waals surface area (Å²) in [5.74, 6) is -0.373. The first-order chi connectivity index (χ1) is 9.61. The molecule has 2 N–H and O–H groups in total. The number of benzene rings is 1. The van der Waals surface area contributed by atoms with E-state index in [0.717, 1.165) is 15.2 Å². The fraction of sp³-hybridized carbons (Fsp3) is 0.0769. The molecule has 0 aliphatic heterocycles. The summed E-state index contributed by atoms with van der Waals surface area (Å²) in [7, 11) is 0. The van der Waals surface area contributed by atoms with E-state index in [2.05, 4.69) is 20.5 Å². The number of anilines is 1. The smallest absolute Gasteiger partial charge is 0.276 e. The molecule has 2 heterocycles. The van der Waals surface area contributed by atoms with E-state index in [1.807, 2.05) is 19.1 Å². The molecule has 7 heteroatoms. The lowest BCUT2D eigenvalue weighted by Gasteiger charge is -2.03. The predicted molar refractivity (Wildman–Crippen MR) is 77.2 cm³/mol. The summed E-state index contributed by atoms with van der Waals surface area (Å²) < 4.78 is 1.01. The Morgan fingerprint density at radius 1 is 1.30 bits per heavy atom. The van der Waals surface area contributed by atoms with Gasteiger partial charge in [-0.05, 0) is 31.2 Å². The third kappa shape index (κ3) is 2.43. The zero-order valence-corrected chi connectivity index (χ0v) is 11.3. The number of hydrogen-bond donors (Lipinski definition) is 2. The Bertz CT molecular complexity index is 832. The highest BCUT2D eigenvalue weighted by Crippen LogP contribution is 2.24. The van der Waals surface area contributed by atoms with Crippen molar-refractivity contribution in [3.63, 3.8) is 0 Å². The number of amides is 1. The average Bonchev–Trinajstić information content (AvgIpc) is 2.78. The molecule has 0 radical (unpaired) electrons. The van der Waals surface area contributed by atoms with Crippen LogP contribution in [0.2, 0.25) is 0 Å². The normalized spacial score (nSPS) is 10.7. The van der Waals surface area contributed by atoms with Gasteiger partial charge in [-0.15, -0.1) is 11.3 Å². The molecule has 0 spiro atoms. The van der Waals surface area contributed by atoms with Gasteiger partial charge in [0.2, 0.25) is 0 Å². The van der Waals surface area contributed by atoms with Crippen LogP contribution in [0.3, 0.4) is 0 Å². The number of hydrogen-bond acceptors (Lipinski definition) is 5. The van der Waals surface area contributed by atoms with Gasteiger partial charge in [-0.1, -0.05) is 0 Å². The van der Waals surface area contributed by atoms with Gasteiger partial charge in [-0.2, -0.15) is 5.10 Å². The second-order valence-electron chi connectivity index (χ2n) is 4.18. The number of thiazole rings is 1. The Hall–Kier alpha value is -2.54. The number of nitrogens with zero attached hydrogens (tertiary/aromatic N) is 2. The maximum Gasteiger partial charge on any atom is 0.276 e. The van der Waals surface area contributed by atoms with E-state index in [1.54, 1.807) is 17.4 Å². The first-order valence-electron chi connectivity index (χ1n) is 5.86. The van der Waals surface area contributed by atoms with Crippen LogP contribution in [0.1, 0.15) is 15.5 Å². The largest absolute Gasteiger partial charge is 0.321 e. The van der Waals surface area contributed by atoms with Crippen LogP contribution in [0.15, 0.2) is 35.1 Å². The van der Waals surface area contributed by atoms with Crippen molar-refractivity contribution in [2.45, 2.75) is 6.92 Å². The highest BCUT2D eigenvalue weighted by molar-refractivity contribution is 7.18. The Labute approximate surface area is 117 Å². The summed E-state index contributed by atoms with van der Waals surface area (Å²) in [6, 6.07) is 8.14. The highest BCUT2D eigenvalue weighted by atomic mass is 32.1. The van der Waals surface area contributed by atoms with Crippen molar-refractivity contribution in [2.24, 2.45) is 0 Å². The lowest BCUT2D eigenvalue weighted by molar-refractivity contribution is 0.102. The number of aryl methyl sites for hydroxylation is 1. The first kappa shape index (κ1) is 12.5. The van der Waals surface area contributed by atoms with Crippen LogP contribution < -0.4 is 10.9 Å². The third-order valence-corrected chi connectivity index (χ3v) is 3.60. The van der Waals surface area contributed by atoms with Gasteiger partial charge in [0.05, 0.1) is 15.2 Å². The zero-order valence-electron chi connectivity index (χ0n) is 10.5. The molecule has 6 nitrogen and oxygen atoms in total. The van der Waals surface area contributed by atoms with Gasteiger partial charge in [0.15, 0.2) is 0 Å². The van der Waals surface area contributed by atoms with Crippen molar-refractivity contribution in [1.82, 2.24) is 15.2 Å². The number of aromatic nitrogens is 3. The fourth-order valence-electron chi connectivity index (χ4n) is 1.78. The molecule has 0 aliphatic carbocycles. The number of rotatable bonds is 2. The number of carbonyl (C=O) groups is 1. The summed E-state index contributed by atoms with van der Waals surface area (Å²) in [4.78, 5) is 27.2. The van der Waals surface area contributed by atoms with Gasteiger partial charge in [0.25, 0.3) is 11.5 Å². The molecule has 2 aromatic heterocycles. The minimum Gasteiger partial charge on any atom is -0.321 e. The second kappa shape index (κ2) is 4.86. The Balaban J connectivity index is 1.86. The highest BCUT2D eigenvalue weighted by Gasteiger charge is 2.09. The molecule has 0 unspecified atom stereocenters. The maximum atomic E-state index is 12.0. The van der Waals surface area contributed by atoms with Crippen molar-refractivity contribution in [2.75, 3.05) is 5.32 Å². The van der Waals surface area contributed by atoms with E-state index in [0.29, 0.717) is 5.69 Å². The Morgan fingerprint density at radius 3 is 2.90 bits per heavy atom. The van der Waals surface area contributed by atoms with Gasteiger partial charge in [-0.3, -0.25) is 9.59 Å². The van der Waals surface area contributed by atoms with Gasteiger partial charge in [0.1, 0.15) is 5.69 Å². The number of H-pyrrole nitrogens is 1. The van der Waals surface area contributed by atoms with Crippen molar-refractivity contribution in [3.05, 3.63) is 51.4 Å². The lowest BCUT2D eigenvalue weighted by Crippen LogP contribution is -2.17. The fourth-order valence-corrected chi connectivity index (χ4v) is 2.65. The van der Waals surface area contributed by atoms with Gasteiger partial charge in [0, 0.05) is 11.8 Å². The standard InChI is InChI=1S/C13H10N4O2S/c1-7-14-9-3-2-8(6-11(9)20-7)15-13(19)10-4-5-12(18)17-16-10/h2-6H,1H3,(H,15,19)(H,17,18). The number of nitrogens with one attached hydrogen (secondary N) is 2. The van der Waals surface area contributed by atoms with Gasteiger partial charge >= 0.3 is 0 Å². The van der Waals surface area contributed by atoms with E-state index >= 15 is 0 Å². The van der Waals surface area contributed by atoms with Crippen LogP contribution in [-0.2, 0) is 0 Å². The number of aromatic amines is 1. The molecule has 0 saturated heterocycles. The second-order valence-corrected chi connectivity index (χ2v) is 5.41. The zero-order chi connectivity index (χ0) is 14.1. The van der Waals surface area contributed by atoms with Crippen LogP contribution in [0, 0.1) is 6.92 Å². The van der Waals surface area contributed by atoms with Crippen LogP contribution in [-0.4, -0.2) is 21.1 Å². The molecule has 20 heavy (non-hydrogen) atoms. The summed E-state index contributed by atoms with van der Waals surface area (Å²) in [6.07, 6.45) is 0. The Morgan fingerprint density at radius 2 is 2.15 bits per heavy atom. The molecule has 3 aromatic rings. The van der Waals surface area contributed by atoms with Crippen molar-refractivity contribution < 1.29 is 4.79 Å². The number of carbonyl (C=O) groups excluding carboxylic acids is 1. The van der Waals surface area contributed by atoms with Crippen LogP contribution in [0.25, 0.3) is 10.2 Å². The van der Waals surface area contributed by atoms with Crippen LogP contribution in [0.4, 0.5) is 5.69 Å². The van der Waals surface area contributed by atoms with Crippen LogP contribution >= 0.6 is 11.3 Å². The molecule has 0 fully saturated rings. The summed E-state index contributed by atoms with van der Waals surface area (Å²) >= 11 is 1.57. The van der Waals surface area contributed by atoms with E-state index in [-0.39, 0.29) is 17.2 Å². The van der Waals surface area contributed by atoms with Crippen molar-refractivity contribution in [1.29, 1.82) is 0 Å². The molecule has 0 bridgehead atoms. The molecular formula is C13H10N4O2S. The summed E-state index contributed by atoms with van der Waals surface area (Å²) in [5, 5.41) is 9.62. The minimum absolute atomic E-state index is 0.158. The minimum atomic E-state index is -0.373. The maximum absolute atomic E-state index is 12.0. The molecule has 0 atom stereocenters. The van der Waals surface area contributed by atoms with E-state index in [4.69, 9.17) is 0 Å². The molecule has 3 rings (SSSR count). The van der Waals surface area contributed by atoms with Gasteiger partial charge < -0.3 is 5.32 Å². The topological polar surface area (TPSA) is 87.7 Å². The van der Waals surface area contributed by atoms with E-state index in [1.165, 1.54) is 12.1 Å². The molecule has 0 aliphatic rings. The predicted octanol–water partition coefficient (Wildman–Crippen LogP) is 1.94. The molecule has 1 amide bonds. The lowest BCUT2D eigenvalue weighted by atomic mass is 10.3. The molecule has 1 aromatic carbocycles. The summed E-state index contributed by atoms with van der Waals surface area (Å²) in [6.45, 7) is 1.94. The SMILES string of the molecule is Cc1nc2ccc(NC(=O)c3ccc(=O)[nH]n3)cc2s1.